The topological polar surface area (TPSA) is 102 Å². The molecule has 0 radical (unpaired) electrons. The van der Waals surface area contributed by atoms with Crippen LogP contribution in [-0.4, -0.2) is 59.1 Å². The molecule has 3 aromatic rings. The Bertz CT molecular complexity index is 1290. The normalized spacial score (nSPS) is 17.8. The number of hydrogen-bond donors (Lipinski definition) is 0. The first kappa shape index (κ1) is 21.8. The molecule has 8 nitrogen and oxygen atoms in total. The highest BCUT2D eigenvalue weighted by Gasteiger charge is 2.32. The number of sulfone groups is 1. The van der Waals surface area contributed by atoms with Crippen molar-refractivity contribution in [3.8, 4) is 11.3 Å². The first-order chi connectivity index (χ1) is 14.8. The van der Waals surface area contributed by atoms with Gasteiger partial charge in [0.1, 0.15) is 10.6 Å². The zero-order chi connectivity index (χ0) is 22.2. The van der Waals surface area contributed by atoms with Gasteiger partial charge in [0.15, 0.2) is 15.0 Å². The molecule has 31 heavy (non-hydrogen) atoms. The molecule has 11 heteroatoms. The van der Waals surface area contributed by atoms with E-state index < -0.39 is 9.84 Å². The molecule has 1 saturated heterocycles. The lowest BCUT2D eigenvalue weighted by atomic mass is 10.2. The minimum absolute atomic E-state index is 0.00393. The molecule has 1 aliphatic rings. The number of fused-ring (bicyclic) bond motifs is 1. The van der Waals surface area contributed by atoms with E-state index in [0.717, 1.165) is 11.8 Å². The maximum Gasteiger partial charge on any atom is 0.263 e. The van der Waals surface area contributed by atoms with Crippen molar-refractivity contribution in [1.82, 2.24) is 14.5 Å². The lowest BCUT2D eigenvalue weighted by Crippen LogP contribution is -2.39. The summed E-state index contributed by atoms with van der Waals surface area (Å²) in [6, 6.07) is 3.24. The number of hydrogen-bond acceptors (Lipinski definition) is 8. The number of aromatic nitrogens is 2. The minimum atomic E-state index is -3.08. The maximum atomic E-state index is 13.2. The van der Waals surface area contributed by atoms with Crippen LogP contribution in [0.5, 0.6) is 0 Å². The monoisotopic (exact) mass is 479 g/mol. The summed E-state index contributed by atoms with van der Waals surface area (Å²) in [7, 11) is -1.46. The Hall–Kier alpha value is -2.37. The molecule has 0 saturated carbocycles. The second kappa shape index (κ2) is 8.64. The van der Waals surface area contributed by atoms with E-state index in [-0.39, 0.29) is 41.3 Å². The number of thiophene rings is 1. The standard InChI is InChI=1S/C20H21N3O5S3/c1-3-7-23-19(25)17-14(15-5-4-8-28-15)10-29-18(17)21-20(23)30-11-16(24)22(2)13-6-9-31(26,27)12-13/h3-5,8,10,13H,1,6-7,9,11-12H2,2H3/t13-/m1/s1. The second-order valence-electron chi connectivity index (χ2n) is 7.26. The fourth-order valence-electron chi connectivity index (χ4n) is 3.53. The van der Waals surface area contributed by atoms with E-state index in [4.69, 9.17) is 4.42 Å². The predicted molar refractivity (Wildman–Crippen MR) is 122 cm³/mol. The molecule has 1 aliphatic heterocycles. The van der Waals surface area contributed by atoms with Crippen molar-refractivity contribution in [2.75, 3.05) is 24.3 Å². The van der Waals surface area contributed by atoms with E-state index in [1.54, 1.807) is 31.5 Å². The van der Waals surface area contributed by atoms with E-state index in [2.05, 4.69) is 11.6 Å². The average molecular weight is 480 g/mol. The summed E-state index contributed by atoms with van der Waals surface area (Å²) >= 11 is 2.51. The van der Waals surface area contributed by atoms with Gasteiger partial charge >= 0.3 is 0 Å². The minimum Gasteiger partial charge on any atom is -0.464 e. The van der Waals surface area contributed by atoms with Crippen LogP contribution in [0.4, 0.5) is 0 Å². The van der Waals surface area contributed by atoms with Gasteiger partial charge in [-0.2, -0.15) is 0 Å². The van der Waals surface area contributed by atoms with Crippen LogP contribution in [0.25, 0.3) is 21.5 Å². The van der Waals surface area contributed by atoms with Crippen molar-refractivity contribution in [3.63, 3.8) is 0 Å². The fraction of sp³-hybridized carbons (Fsp3) is 0.350. The Kier molecular flexibility index (Phi) is 6.09. The third-order valence-electron chi connectivity index (χ3n) is 5.23. The number of furan rings is 1. The van der Waals surface area contributed by atoms with E-state index in [1.807, 2.05) is 5.38 Å². The van der Waals surface area contributed by atoms with Crippen LogP contribution >= 0.6 is 23.1 Å². The van der Waals surface area contributed by atoms with E-state index in [1.165, 1.54) is 20.8 Å². The predicted octanol–water partition coefficient (Wildman–Crippen LogP) is 2.64. The molecule has 0 bridgehead atoms. The highest BCUT2D eigenvalue weighted by Crippen LogP contribution is 2.32. The summed E-state index contributed by atoms with van der Waals surface area (Å²) in [5.74, 6) is 0.554. The van der Waals surface area contributed by atoms with E-state index in [9.17, 15) is 18.0 Å². The van der Waals surface area contributed by atoms with Crippen LogP contribution in [0.3, 0.4) is 0 Å². The molecule has 4 rings (SSSR count). The Morgan fingerprint density at radius 3 is 2.97 bits per heavy atom. The van der Waals surface area contributed by atoms with Gasteiger partial charge in [0.25, 0.3) is 5.56 Å². The second-order valence-corrected chi connectivity index (χ2v) is 11.3. The summed E-state index contributed by atoms with van der Waals surface area (Å²) in [6.45, 7) is 3.98. The molecule has 164 valence electrons. The van der Waals surface area contributed by atoms with Gasteiger partial charge in [0, 0.05) is 30.6 Å². The van der Waals surface area contributed by atoms with Crippen molar-refractivity contribution < 1.29 is 17.6 Å². The molecule has 0 unspecified atom stereocenters. The molecular formula is C20H21N3O5S3. The van der Waals surface area contributed by atoms with Gasteiger partial charge < -0.3 is 9.32 Å². The maximum absolute atomic E-state index is 13.2. The highest BCUT2D eigenvalue weighted by molar-refractivity contribution is 7.99. The molecule has 0 N–H and O–H groups in total. The molecule has 1 fully saturated rings. The van der Waals surface area contributed by atoms with Gasteiger partial charge in [0.05, 0.1) is 28.9 Å². The van der Waals surface area contributed by atoms with Crippen LogP contribution in [-0.2, 0) is 21.2 Å². The smallest absolute Gasteiger partial charge is 0.263 e. The molecule has 1 amide bonds. The molecular weight excluding hydrogens is 458 g/mol. The van der Waals surface area contributed by atoms with Gasteiger partial charge in [-0.05, 0) is 18.6 Å². The van der Waals surface area contributed by atoms with Crippen molar-refractivity contribution in [3.05, 3.63) is 46.8 Å². The largest absolute Gasteiger partial charge is 0.464 e. The summed E-state index contributed by atoms with van der Waals surface area (Å²) in [5, 5.41) is 2.74. The zero-order valence-electron chi connectivity index (χ0n) is 16.8. The Labute approximate surface area is 187 Å². The third kappa shape index (κ3) is 4.35. The zero-order valence-corrected chi connectivity index (χ0v) is 19.3. The SMILES string of the molecule is C=CCn1c(SCC(=O)N(C)[C@@H]2CCS(=O)(=O)C2)nc2scc(-c3ccco3)c2c1=O. The lowest BCUT2D eigenvalue weighted by molar-refractivity contribution is -0.128. The number of thioether (sulfide) groups is 1. The number of amides is 1. The van der Waals surface area contributed by atoms with Crippen molar-refractivity contribution >= 4 is 49.1 Å². The number of carbonyl (C=O) groups excluding carboxylic acids is 1. The molecule has 0 spiro atoms. The van der Waals surface area contributed by atoms with Gasteiger partial charge in [0.2, 0.25) is 5.91 Å². The van der Waals surface area contributed by atoms with Crippen molar-refractivity contribution in [2.45, 2.75) is 24.2 Å². The molecule has 4 heterocycles. The van der Waals surface area contributed by atoms with Crippen molar-refractivity contribution in [1.29, 1.82) is 0 Å². The summed E-state index contributed by atoms with van der Waals surface area (Å²) in [5.41, 5.74) is 0.470. The number of nitrogens with zero attached hydrogens (tertiary/aromatic N) is 3. The molecule has 0 aromatic carbocycles. The Balaban J connectivity index is 1.60. The number of carbonyl (C=O) groups is 1. The van der Waals surface area contributed by atoms with Crippen LogP contribution in [0.1, 0.15) is 6.42 Å². The van der Waals surface area contributed by atoms with Crippen LogP contribution in [0.15, 0.2) is 50.8 Å². The first-order valence-electron chi connectivity index (χ1n) is 9.56. The quantitative estimate of drug-likeness (QED) is 0.292. The fourth-order valence-corrected chi connectivity index (χ4v) is 7.21. The van der Waals surface area contributed by atoms with Gasteiger partial charge in [-0.15, -0.1) is 17.9 Å². The summed E-state index contributed by atoms with van der Waals surface area (Å²) in [6.07, 6.45) is 3.61. The van der Waals surface area contributed by atoms with Crippen LogP contribution < -0.4 is 5.56 Å². The van der Waals surface area contributed by atoms with Gasteiger partial charge in [-0.25, -0.2) is 13.4 Å². The van der Waals surface area contributed by atoms with E-state index >= 15 is 0 Å². The average Bonchev–Trinajstić information content (AvgIpc) is 3.47. The lowest BCUT2D eigenvalue weighted by Gasteiger charge is -2.23. The number of allylic oxidation sites excluding steroid dienone is 1. The Morgan fingerprint density at radius 1 is 1.52 bits per heavy atom. The molecule has 0 aliphatic carbocycles. The number of rotatable bonds is 7. The van der Waals surface area contributed by atoms with Crippen molar-refractivity contribution in [2.24, 2.45) is 0 Å². The molecule has 3 aromatic heterocycles. The third-order valence-corrected chi connectivity index (χ3v) is 8.82. The summed E-state index contributed by atoms with van der Waals surface area (Å²) in [4.78, 5) is 32.6. The summed E-state index contributed by atoms with van der Waals surface area (Å²) < 4.78 is 30.4. The molecule has 1 atom stereocenters. The Morgan fingerprint density at radius 2 is 2.32 bits per heavy atom. The van der Waals surface area contributed by atoms with E-state index in [0.29, 0.717) is 33.1 Å². The highest BCUT2D eigenvalue weighted by atomic mass is 32.2. The first-order valence-corrected chi connectivity index (χ1v) is 13.2. The van der Waals surface area contributed by atoms with Crippen LogP contribution in [0.2, 0.25) is 0 Å². The van der Waals surface area contributed by atoms with Crippen LogP contribution in [0, 0.1) is 0 Å². The van der Waals surface area contributed by atoms with Gasteiger partial charge in [-0.3, -0.25) is 14.2 Å². The van der Waals surface area contributed by atoms with Gasteiger partial charge in [-0.1, -0.05) is 17.8 Å².